The lowest BCUT2D eigenvalue weighted by molar-refractivity contribution is -0.133. The van der Waals surface area contributed by atoms with Gasteiger partial charge in [0.1, 0.15) is 12.7 Å². The quantitative estimate of drug-likeness (QED) is 0.803. The molecule has 6 heteroatoms. The number of ether oxygens (including phenoxy) is 1. The number of rotatable bonds is 1. The molecule has 0 aromatic heterocycles. The van der Waals surface area contributed by atoms with Crippen molar-refractivity contribution in [1.82, 2.24) is 5.32 Å². The van der Waals surface area contributed by atoms with Crippen LogP contribution in [0.2, 0.25) is 0 Å². The molecule has 1 N–H and O–H groups in total. The van der Waals surface area contributed by atoms with Gasteiger partial charge in [-0.2, -0.15) is 0 Å². The van der Waals surface area contributed by atoms with Crippen molar-refractivity contribution in [1.29, 1.82) is 0 Å². The second-order valence-electron chi connectivity index (χ2n) is 3.39. The number of benzene rings is 1. The van der Waals surface area contributed by atoms with Crippen LogP contribution >= 0.6 is 15.9 Å². The number of hydrogen-bond acceptors (Lipinski definition) is 2. The van der Waals surface area contributed by atoms with Gasteiger partial charge in [-0.15, -0.1) is 0 Å². The van der Waals surface area contributed by atoms with E-state index >= 15 is 0 Å². The van der Waals surface area contributed by atoms with Gasteiger partial charge in [-0.25, -0.2) is 8.78 Å². The molecule has 1 aliphatic heterocycles. The molecule has 1 aliphatic rings. The summed E-state index contributed by atoms with van der Waals surface area (Å²) in [6, 6.07) is 2.12. The zero-order valence-corrected chi connectivity index (χ0v) is 9.68. The Kier molecular flexibility index (Phi) is 3.20. The van der Waals surface area contributed by atoms with Crippen molar-refractivity contribution in [2.75, 3.05) is 13.2 Å². The SMILES string of the molecule is O=C1CO[C@@H](c2cc(F)c(F)cc2Br)CN1. The van der Waals surface area contributed by atoms with E-state index in [9.17, 15) is 13.6 Å². The highest BCUT2D eigenvalue weighted by Crippen LogP contribution is 2.29. The molecule has 16 heavy (non-hydrogen) atoms. The van der Waals surface area contributed by atoms with E-state index in [2.05, 4.69) is 21.2 Å². The molecule has 1 amide bonds. The van der Waals surface area contributed by atoms with Gasteiger partial charge in [-0.1, -0.05) is 15.9 Å². The molecule has 0 saturated carbocycles. The van der Waals surface area contributed by atoms with Gasteiger partial charge >= 0.3 is 0 Å². The van der Waals surface area contributed by atoms with Crippen molar-refractivity contribution in [3.63, 3.8) is 0 Å². The molecule has 1 saturated heterocycles. The van der Waals surface area contributed by atoms with E-state index in [1.165, 1.54) is 0 Å². The van der Waals surface area contributed by atoms with Gasteiger partial charge in [-0.05, 0) is 17.7 Å². The molecule has 1 aromatic rings. The monoisotopic (exact) mass is 291 g/mol. The van der Waals surface area contributed by atoms with Crippen molar-refractivity contribution in [3.8, 4) is 0 Å². The lowest BCUT2D eigenvalue weighted by Crippen LogP contribution is -2.38. The summed E-state index contributed by atoms with van der Waals surface area (Å²) in [5.74, 6) is -2.07. The lowest BCUT2D eigenvalue weighted by Gasteiger charge is -2.24. The van der Waals surface area contributed by atoms with Gasteiger partial charge in [0.05, 0.1) is 0 Å². The smallest absolute Gasteiger partial charge is 0.246 e. The summed E-state index contributed by atoms with van der Waals surface area (Å²) in [4.78, 5) is 10.9. The Morgan fingerprint density at radius 3 is 2.69 bits per heavy atom. The molecule has 0 radical (unpaired) electrons. The van der Waals surface area contributed by atoms with Gasteiger partial charge in [-0.3, -0.25) is 4.79 Å². The minimum atomic E-state index is -0.932. The third-order valence-corrected chi connectivity index (χ3v) is 2.97. The molecule has 2 rings (SSSR count). The highest BCUT2D eigenvalue weighted by Gasteiger charge is 2.23. The summed E-state index contributed by atoms with van der Waals surface area (Å²) >= 11 is 3.13. The summed E-state index contributed by atoms with van der Waals surface area (Å²) in [5, 5.41) is 2.59. The fraction of sp³-hybridized carbons (Fsp3) is 0.300. The van der Waals surface area contributed by atoms with Crippen molar-refractivity contribution in [2.45, 2.75) is 6.10 Å². The van der Waals surface area contributed by atoms with Crippen molar-refractivity contribution in [3.05, 3.63) is 33.8 Å². The van der Waals surface area contributed by atoms with E-state index in [4.69, 9.17) is 4.74 Å². The third kappa shape index (κ3) is 2.22. The van der Waals surface area contributed by atoms with Crippen LogP contribution < -0.4 is 5.32 Å². The molecular formula is C10H8BrF2NO2. The number of morpholine rings is 1. The number of carbonyl (C=O) groups is 1. The number of carbonyl (C=O) groups excluding carboxylic acids is 1. The van der Waals surface area contributed by atoms with Crippen molar-refractivity contribution < 1.29 is 18.3 Å². The van der Waals surface area contributed by atoms with E-state index in [1.807, 2.05) is 0 Å². The second kappa shape index (κ2) is 4.47. The minimum Gasteiger partial charge on any atom is -0.362 e. The van der Waals surface area contributed by atoms with Crippen LogP contribution in [0.15, 0.2) is 16.6 Å². The number of halogens is 3. The summed E-state index contributed by atoms with van der Waals surface area (Å²) in [5.41, 5.74) is 0.485. The second-order valence-corrected chi connectivity index (χ2v) is 4.25. The van der Waals surface area contributed by atoms with Crippen molar-refractivity contribution >= 4 is 21.8 Å². The Bertz CT molecular complexity index is 429. The molecule has 1 aromatic carbocycles. The standard InChI is InChI=1S/C10H8BrF2NO2/c11-6-2-8(13)7(12)1-5(6)9-3-14-10(15)4-16-9/h1-2,9H,3-4H2,(H,14,15)/t9-/m1/s1. The van der Waals surface area contributed by atoms with Crippen LogP contribution in [0.3, 0.4) is 0 Å². The van der Waals surface area contributed by atoms with Gasteiger partial charge in [0, 0.05) is 11.0 Å². The van der Waals surface area contributed by atoms with E-state index in [-0.39, 0.29) is 19.1 Å². The molecule has 86 valence electrons. The van der Waals surface area contributed by atoms with Crippen molar-refractivity contribution in [2.24, 2.45) is 0 Å². The summed E-state index contributed by atoms with van der Waals surface area (Å²) in [6.07, 6.45) is -0.456. The average molecular weight is 292 g/mol. The van der Waals surface area contributed by atoms with Crippen LogP contribution in [0.4, 0.5) is 8.78 Å². The predicted octanol–water partition coefficient (Wildman–Crippen LogP) is 1.91. The normalized spacial score (nSPS) is 20.7. The topological polar surface area (TPSA) is 38.3 Å². The first-order valence-corrected chi connectivity index (χ1v) is 5.40. The molecule has 0 unspecified atom stereocenters. The molecule has 0 aliphatic carbocycles. The van der Waals surface area contributed by atoms with E-state index in [0.29, 0.717) is 10.0 Å². The van der Waals surface area contributed by atoms with Gasteiger partial charge in [0.25, 0.3) is 0 Å². The predicted molar refractivity (Wildman–Crippen MR) is 55.8 cm³/mol. The molecule has 1 fully saturated rings. The van der Waals surface area contributed by atoms with Gasteiger partial charge < -0.3 is 10.1 Å². The highest BCUT2D eigenvalue weighted by atomic mass is 79.9. The van der Waals surface area contributed by atoms with Crippen LogP contribution in [0.5, 0.6) is 0 Å². The number of nitrogens with one attached hydrogen (secondary N) is 1. The minimum absolute atomic E-state index is 0.0733. The lowest BCUT2D eigenvalue weighted by atomic mass is 10.1. The first-order chi connectivity index (χ1) is 7.58. The van der Waals surface area contributed by atoms with E-state index in [0.717, 1.165) is 12.1 Å². The maximum Gasteiger partial charge on any atom is 0.246 e. The maximum absolute atomic E-state index is 13.1. The average Bonchev–Trinajstić information content (AvgIpc) is 2.25. The first-order valence-electron chi connectivity index (χ1n) is 4.60. The molecular weight excluding hydrogens is 284 g/mol. The number of amides is 1. The molecule has 3 nitrogen and oxygen atoms in total. The van der Waals surface area contributed by atoms with E-state index in [1.54, 1.807) is 0 Å². The molecule has 1 heterocycles. The summed E-state index contributed by atoms with van der Waals surface area (Å²) < 4.78 is 31.6. The fourth-order valence-electron chi connectivity index (χ4n) is 1.48. The Morgan fingerprint density at radius 2 is 2.06 bits per heavy atom. The zero-order valence-electron chi connectivity index (χ0n) is 8.10. The Balaban J connectivity index is 2.26. The Labute approximate surface area is 98.9 Å². The van der Waals surface area contributed by atoms with Crippen LogP contribution in [-0.2, 0) is 9.53 Å². The fourth-order valence-corrected chi connectivity index (χ4v) is 2.05. The van der Waals surface area contributed by atoms with Crippen LogP contribution in [0.25, 0.3) is 0 Å². The Morgan fingerprint density at radius 1 is 1.38 bits per heavy atom. The van der Waals surface area contributed by atoms with Gasteiger partial charge in [0.15, 0.2) is 11.6 Å². The van der Waals surface area contributed by atoms with E-state index < -0.39 is 17.7 Å². The highest BCUT2D eigenvalue weighted by molar-refractivity contribution is 9.10. The Hall–Kier alpha value is -1.01. The first kappa shape index (κ1) is 11.5. The molecule has 0 spiro atoms. The summed E-state index contributed by atoms with van der Waals surface area (Å²) in [7, 11) is 0. The number of hydrogen-bond donors (Lipinski definition) is 1. The van der Waals surface area contributed by atoms with Gasteiger partial charge in [0.2, 0.25) is 5.91 Å². The van der Waals surface area contributed by atoms with Crippen LogP contribution in [0, 0.1) is 11.6 Å². The third-order valence-electron chi connectivity index (χ3n) is 2.29. The molecule has 1 atom stereocenters. The van der Waals surface area contributed by atoms with Crippen LogP contribution in [0.1, 0.15) is 11.7 Å². The maximum atomic E-state index is 13.1. The van der Waals surface area contributed by atoms with Crippen LogP contribution in [-0.4, -0.2) is 19.1 Å². The largest absolute Gasteiger partial charge is 0.362 e. The zero-order chi connectivity index (χ0) is 11.7. The molecule has 0 bridgehead atoms. The summed E-state index contributed by atoms with van der Waals surface area (Å²) in [6.45, 7) is 0.179.